The zero-order valence-electron chi connectivity index (χ0n) is 15.1. The molecule has 0 spiro atoms. The second kappa shape index (κ2) is 7.74. The van der Waals surface area contributed by atoms with Crippen molar-refractivity contribution >= 4 is 5.69 Å². The lowest BCUT2D eigenvalue weighted by Gasteiger charge is -2.14. The van der Waals surface area contributed by atoms with E-state index in [1.165, 1.54) is 12.1 Å². The summed E-state index contributed by atoms with van der Waals surface area (Å²) in [6.07, 6.45) is -4.33. The van der Waals surface area contributed by atoms with Gasteiger partial charge in [0.2, 0.25) is 0 Å². The fourth-order valence-corrected chi connectivity index (χ4v) is 2.90. The van der Waals surface area contributed by atoms with Crippen molar-refractivity contribution in [3.63, 3.8) is 0 Å². The Morgan fingerprint density at radius 2 is 1.59 bits per heavy atom. The fourth-order valence-electron chi connectivity index (χ4n) is 2.90. The molecule has 0 aliphatic carbocycles. The number of benzene rings is 3. The summed E-state index contributed by atoms with van der Waals surface area (Å²) in [6, 6.07) is 18.5. The van der Waals surface area contributed by atoms with Crippen LogP contribution in [0.5, 0.6) is 5.75 Å². The van der Waals surface area contributed by atoms with Gasteiger partial charge in [-0.15, -0.1) is 0 Å². The van der Waals surface area contributed by atoms with Gasteiger partial charge in [0, 0.05) is 18.3 Å². The van der Waals surface area contributed by atoms with Gasteiger partial charge < -0.3 is 10.1 Å². The monoisotopic (exact) mass is 371 g/mol. The van der Waals surface area contributed by atoms with Crippen molar-refractivity contribution in [3.8, 4) is 16.9 Å². The molecule has 0 fully saturated rings. The topological polar surface area (TPSA) is 21.3 Å². The largest absolute Gasteiger partial charge is 0.489 e. The summed E-state index contributed by atoms with van der Waals surface area (Å²) in [6.45, 7) is 2.43. The van der Waals surface area contributed by atoms with Crippen LogP contribution in [-0.4, -0.2) is 7.05 Å². The predicted molar refractivity (Wildman–Crippen MR) is 102 cm³/mol. The Hall–Kier alpha value is -2.95. The molecule has 0 bridgehead atoms. The molecule has 1 N–H and O–H groups in total. The summed E-state index contributed by atoms with van der Waals surface area (Å²) in [5, 5.41) is 3.16. The molecule has 0 saturated carbocycles. The summed E-state index contributed by atoms with van der Waals surface area (Å²) >= 11 is 0. The minimum atomic E-state index is -4.33. The number of hydrogen-bond donors (Lipinski definition) is 1. The van der Waals surface area contributed by atoms with Gasteiger partial charge in [-0.2, -0.15) is 13.2 Å². The number of aryl methyl sites for hydroxylation is 1. The number of halogens is 3. The molecule has 3 rings (SSSR count). The third-order valence-electron chi connectivity index (χ3n) is 4.44. The number of rotatable bonds is 5. The van der Waals surface area contributed by atoms with Crippen LogP contribution in [0.2, 0.25) is 0 Å². The minimum absolute atomic E-state index is 0.402. The molecule has 0 radical (unpaired) electrons. The normalized spacial score (nSPS) is 11.3. The maximum Gasteiger partial charge on any atom is 0.416 e. The standard InChI is InChI=1S/C22H20F3NO/c1-15-5-3-8-21(26-2)20(15)14-27-19-7-4-6-17(13-19)16-9-11-18(12-10-16)22(23,24)25/h3-13,26H,14H2,1-2H3. The van der Waals surface area contributed by atoms with Gasteiger partial charge >= 0.3 is 6.18 Å². The Balaban J connectivity index is 1.78. The maximum atomic E-state index is 12.7. The van der Waals surface area contributed by atoms with Crippen molar-refractivity contribution in [1.82, 2.24) is 0 Å². The van der Waals surface area contributed by atoms with Crippen LogP contribution in [-0.2, 0) is 12.8 Å². The molecule has 0 amide bonds. The van der Waals surface area contributed by atoms with Gasteiger partial charge in [0.15, 0.2) is 0 Å². The first kappa shape index (κ1) is 18.8. The van der Waals surface area contributed by atoms with Crippen LogP contribution >= 0.6 is 0 Å². The van der Waals surface area contributed by atoms with E-state index in [0.29, 0.717) is 17.9 Å². The molecule has 2 nitrogen and oxygen atoms in total. The van der Waals surface area contributed by atoms with Gasteiger partial charge in [0.05, 0.1) is 5.56 Å². The molecule has 5 heteroatoms. The molecule has 3 aromatic carbocycles. The van der Waals surface area contributed by atoms with E-state index in [-0.39, 0.29) is 0 Å². The predicted octanol–water partition coefficient (Wildman–Crippen LogP) is 6.30. The van der Waals surface area contributed by atoms with Gasteiger partial charge in [-0.05, 0) is 53.9 Å². The Morgan fingerprint density at radius 1 is 0.889 bits per heavy atom. The molecule has 0 atom stereocenters. The molecule has 0 saturated heterocycles. The zero-order chi connectivity index (χ0) is 19.4. The first-order valence-electron chi connectivity index (χ1n) is 8.55. The highest BCUT2D eigenvalue weighted by molar-refractivity contribution is 5.65. The third-order valence-corrected chi connectivity index (χ3v) is 4.44. The van der Waals surface area contributed by atoms with Gasteiger partial charge in [-0.25, -0.2) is 0 Å². The number of alkyl halides is 3. The molecule has 27 heavy (non-hydrogen) atoms. The highest BCUT2D eigenvalue weighted by Crippen LogP contribution is 2.32. The molecular formula is C22H20F3NO. The van der Waals surface area contributed by atoms with Crippen LogP contribution in [0, 0.1) is 6.92 Å². The van der Waals surface area contributed by atoms with E-state index in [0.717, 1.165) is 34.5 Å². The van der Waals surface area contributed by atoms with Gasteiger partial charge in [-0.3, -0.25) is 0 Å². The van der Waals surface area contributed by atoms with E-state index in [9.17, 15) is 13.2 Å². The van der Waals surface area contributed by atoms with E-state index < -0.39 is 11.7 Å². The average Bonchev–Trinajstić information content (AvgIpc) is 2.66. The summed E-state index contributed by atoms with van der Waals surface area (Å²) < 4.78 is 44.1. The molecule has 3 aromatic rings. The zero-order valence-corrected chi connectivity index (χ0v) is 15.1. The average molecular weight is 371 g/mol. The minimum Gasteiger partial charge on any atom is -0.489 e. The Labute approximate surface area is 156 Å². The van der Waals surface area contributed by atoms with Crippen molar-refractivity contribution in [2.45, 2.75) is 19.7 Å². The van der Waals surface area contributed by atoms with Crippen LogP contribution in [0.1, 0.15) is 16.7 Å². The number of hydrogen-bond acceptors (Lipinski definition) is 2. The maximum absolute atomic E-state index is 12.7. The van der Waals surface area contributed by atoms with E-state index in [1.54, 1.807) is 0 Å². The number of ether oxygens (including phenoxy) is 1. The van der Waals surface area contributed by atoms with Crippen molar-refractivity contribution in [3.05, 3.63) is 83.4 Å². The summed E-state index contributed by atoms with van der Waals surface area (Å²) in [5.41, 5.74) is 4.06. The highest BCUT2D eigenvalue weighted by Gasteiger charge is 2.29. The SMILES string of the molecule is CNc1cccc(C)c1COc1cccc(-c2ccc(C(F)(F)F)cc2)c1. The van der Waals surface area contributed by atoms with Crippen LogP contribution < -0.4 is 10.1 Å². The summed E-state index contributed by atoms with van der Waals surface area (Å²) in [5.74, 6) is 0.665. The quantitative estimate of drug-likeness (QED) is 0.568. The van der Waals surface area contributed by atoms with E-state index in [1.807, 2.05) is 56.4 Å². The lowest BCUT2D eigenvalue weighted by Crippen LogP contribution is -2.04. The third kappa shape index (κ3) is 4.42. The van der Waals surface area contributed by atoms with Crippen LogP contribution in [0.4, 0.5) is 18.9 Å². The first-order valence-corrected chi connectivity index (χ1v) is 8.55. The fraction of sp³-hybridized carbons (Fsp3) is 0.182. The summed E-state index contributed by atoms with van der Waals surface area (Å²) in [7, 11) is 1.86. The van der Waals surface area contributed by atoms with Gasteiger partial charge in [-0.1, -0.05) is 36.4 Å². The Kier molecular flexibility index (Phi) is 5.40. The molecule has 0 heterocycles. The Bertz CT molecular complexity index is 918. The number of anilines is 1. The van der Waals surface area contributed by atoms with Crippen LogP contribution in [0.25, 0.3) is 11.1 Å². The Morgan fingerprint density at radius 3 is 2.26 bits per heavy atom. The van der Waals surface area contributed by atoms with E-state index in [4.69, 9.17) is 4.74 Å². The second-order valence-electron chi connectivity index (χ2n) is 6.24. The van der Waals surface area contributed by atoms with Gasteiger partial charge in [0.1, 0.15) is 12.4 Å². The summed E-state index contributed by atoms with van der Waals surface area (Å²) in [4.78, 5) is 0. The van der Waals surface area contributed by atoms with Crippen molar-refractivity contribution in [2.24, 2.45) is 0 Å². The van der Waals surface area contributed by atoms with E-state index >= 15 is 0 Å². The first-order chi connectivity index (χ1) is 12.9. The van der Waals surface area contributed by atoms with Crippen LogP contribution in [0.15, 0.2) is 66.7 Å². The van der Waals surface area contributed by atoms with Gasteiger partial charge in [0.25, 0.3) is 0 Å². The highest BCUT2D eigenvalue weighted by atomic mass is 19.4. The van der Waals surface area contributed by atoms with Crippen molar-refractivity contribution in [1.29, 1.82) is 0 Å². The molecule has 0 unspecified atom stereocenters. The lowest BCUT2D eigenvalue weighted by molar-refractivity contribution is -0.137. The molecule has 0 aromatic heterocycles. The van der Waals surface area contributed by atoms with E-state index in [2.05, 4.69) is 5.32 Å². The van der Waals surface area contributed by atoms with Crippen molar-refractivity contribution in [2.75, 3.05) is 12.4 Å². The molecule has 0 aliphatic heterocycles. The second-order valence-corrected chi connectivity index (χ2v) is 6.24. The molecule has 140 valence electrons. The van der Waals surface area contributed by atoms with Crippen molar-refractivity contribution < 1.29 is 17.9 Å². The number of nitrogens with one attached hydrogen (secondary N) is 1. The molecule has 0 aliphatic rings. The lowest BCUT2D eigenvalue weighted by atomic mass is 10.0. The molecular weight excluding hydrogens is 351 g/mol. The van der Waals surface area contributed by atoms with Crippen LogP contribution in [0.3, 0.4) is 0 Å². The smallest absolute Gasteiger partial charge is 0.416 e.